The van der Waals surface area contributed by atoms with E-state index >= 15 is 0 Å². The Kier molecular flexibility index (Phi) is 3.76. The van der Waals surface area contributed by atoms with Gasteiger partial charge in [0.15, 0.2) is 0 Å². The van der Waals surface area contributed by atoms with E-state index in [0.717, 1.165) is 24.8 Å². The summed E-state index contributed by atoms with van der Waals surface area (Å²) in [5.74, 6) is 0.0347. The summed E-state index contributed by atoms with van der Waals surface area (Å²) in [5, 5.41) is 13.5. The molecule has 1 aliphatic carbocycles. The van der Waals surface area contributed by atoms with Crippen LogP contribution in [0.5, 0.6) is 0 Å². The fourth-order valence-electron chi connectivity index (χ4n) is 3.34. The van der Waals surface area contributed by atoms with Crippen molar-refractivity contribution in [2.24, 2.45) is 0 Å². The molecule has 0 aromatic heterocycles. The lowest BCUT2D eigenvalue weighted by atomic mass is 9.63. The molecule has 2 unspecified atom stereocenters. The number of hydrogen-bond donors (Lipinski definition) is 2. The molecule has 0 radical (unpaired) electrons. The second-order valence-corrected chi connectivity index (χ2v) is 6.35. The monoisotopic (exact) mass is 289 g/mol. The maximum atomic E-state index is 12.7. The third-order valence-electron chi connectivity index (χ3n) is 5.18. The topological polar surface area (TPSA) is 58.6 Å². The van der Waals surface area contributed by atoms with Crippen molar-refractivity contribution >= 4 is 5.91 Å². The van der Waals surface area contributed by atoms with Crippen molar-refractivity contribution in [3.05, 3.63) is 35.9 Å². The van der Waals surface area contributed by atoms with Gasteiger partial charge in [0.25, 0.3) is 0 Å². The van der Waals surface area contributed by atoms with Gasteiger partial charge in [0.05, 0.1) is 11.5 Å². The van der Waals surface area contributed by atoms with Crippen LogP contribution < -0.4 is 5.32 Å². The van der Waals surface area contributed by atoms with Crippen LogP contribution in [0.1, 0.15) is 38.2 Å². The Morgan fingerprint density at radius 2 is 2.05 bits per heavy atom. The van der Waals surface area contributed by atoms with Crippen molar-refractivity contribution < 1.29 is 14.6 Å². The molecule has 1 saturated carbocycles. The van der Waals surface area contributed by atoms with Crippen molar-refractivity contribution in [3.8, 4) is 0 Å². The minimum atomic E-state index is -0.933. The van der Waals surface area contributed by atoms with E-state index in [4.69, 9.17) is 4.74 Å². The van der Waals surface area contributed by atoms with Crippen molar-refractivity contribution in [1.82, 2.24) is 5.32 Å². The fraction of sp³-hybridized carbons (Fsp3) is 0.588. The summed E-state index contributed by atoms with van der Waals surface area (Å²) < 4.78 is 5.41. The normalized spacial score (nSPS) is 30.7. The van der Waals surface area contributed by atoms with Crippen molar-refractivity contribution in [1.29, 1.82) is 0 Å². The van der Waals surface area contributed by atoms with E-state index in [9.17, 15) is 9.90 Å². The predicted molar refractivity (Wildman–Crippen MR) is 80.0 cm³/mol. The molecule has 114 valence electrons. The third-order valence-corrected chi connectivity index (χ3v) is 5.18. The summed E-state index contributed by atoms with van der Waals surface area (Å²) in [7, 11) is 0. The molecule has 1 aliphatic heterocycles. The molecule has 1 aromatic rings. The van der Waals surface area contributed by atoms with Gasteiger partial charge in [-0.3, -0.25) is 4.79 Å². The Balaban J connectivity index is 1.70. The number of amides is 1. The highest BCUT2D eigenvalue weighted by molar-refractivity contribution is 5.89. The van der Waals surface area contributed by atoms with E-state index < -0.39 is 11.0 Å². The van der Waals surface area contributed by atoms with Crippen molar-refractivity contribution in [3.63, 3.8) is 0 Å². The van der Waals surface area contributed by atoms with Gasteiger partial charge in [-0.05, 0) is 25.3 Å². The van der Waals surface area contributed by atoms with Crippen molar-refractivity contribution in [2.75, 3.05) is 13.2 Å². The van der Waals surface area contributed by atoms with Gasteiger partial charge >= 0.3 is 0 Å². The van der Waals surface area contributed by atoms with Crippen molar-refractivity contribution in [2.45, 2.75) is 49.7 Å². The summed E-state index contributed by atoms with van der Waals surface area (Å²) in [6.45, 7) is 2.68. The lowest BCUT2D eigenvalue weighted by molar-refractivity contribution is -0.131. The Morgan fingerprint density at radius 1 is 1.33 bits per heavy atom. The number of ether oxygens (including phenoxy) is 1. The quantitative estimate of drug-likeness (QED) is 0.888. The van der Waals surface area contributed by atoms with Gasteiger partial charge in [-0.15, -0.1) is 0 Å². The summed E-state index contributed by atoms with van der Waals surface area (Å²) >= 11 is 0. The third kappa shape index (κ3) is 2.47. The summed E-state index contributed by atoms with van der Waals surface area (Å²) in [5.41, 5.74) is -0.256. The maximum Gasteiger partial charge on any atom is 0.230 e. The lowest BCUT2D eigenvalue weighted by Crippen LogP contribution is -2.54. The van der Waals surface area contributed by atoms with Crippen LogP contribution in [-0.4, -0.2) is 35.9 Å². The molecule has 1 saturated heterocycles. The standard InChI is InChI=1S/C17H23NO3/c1-13-17(20,10-11-21-13)12-18-15(19)16(8-5-9-16)14-6-3-2-4-7-14/h2-4,6-7,13,20H,5,8-12H2,1H3,(H,18,19). The molecule has 0 bridgehead atoms. The molecule has 2 atom stereocenters. The van der Waals surface area contributed by atoms with Gasteiger partial charge in [0.2, 0.25) is 5.91 Å². The molecular formula is C17H23NO3. The van der Waals surface area contributed by atoms with Gasteiger partial charge in [0.1, 0.15) is 5.60 Å². The van der Waals surface area contributed by atoms with Crippen LogP contribution in [0.4, 0.5) is 0 Å². The minimum Gasteiger partial charge on any atom is -0.385 e. The Morgan fingerprint density at radius 3 is 2.57 bits per heavy atom. The first-order chi connectivity index (χ1) is 10.1. The van der Waals surface area contributed by atoms with Crippen LogP contribution in [0.3, 0.4) is 0 Å². The van der Waals surface area contributed by atoms with E-state index in [1.807, 2.05) is 37.3 Å². The van der Waals surface area contributed by atoms with Gasteiger partial charge < -0.3 is 15.2 Å². The largest absolute Gasteiger partial charge is 0.385 e. The first-order valence-corrected chi connectivity index (χ1v) is 7.75. The van der Waals surface area contributed by atoms with Gasteiger partial charge in [0, 0.05) is 19.6 Å². The lowest BCUT2D eigenvalue weighted by Gasteiger charge is -2.41. The second-order valence-electron chi connectivity index (χ2n) is 6.35. The number of carbonyl (C=O) groups excluding carboxylic acids is 1. The van der Waals surface area contributed by atoms with Crippen LogP contribution in [0.25, 0.3) is 0 Å². The molecule has 1 heterocycles. The van der Waals surface area contributed by atoms with E-state index in [0.29, 0.717) is 13.0 Å². The summed E-state index contributed by atoms with van der Waals surface area (Å²) in [4.78, 5) is 12.7. The van der Waals surface area contributed by atoms with Gasteiger partial charge in [-0.2, -0.15) is 0 Å². The number of aliphatic hydroxyl groups is 1. The molecule has 0 spiro atoms. The Hall–Kier alpha value is -1.39. The van der Waals surface area contributed by atoms with Gasteiger partial charge in [-0.25, -0.2) is 0 Å². The molecule has 21 heavy (non-hydrogen) atoms. The average Bonchev–Trinajstić information content (AvgIpc) is 2.77. The molecule has 4 nitrogen and oxygen atoms in total. The predicted octanol–water partition coefficient (Wildman–Crippen LogP) is 1.76. The summed E-state index contributed by atoms with van der Waals surface area (Å²) in [6, 6.07) is 9.96. The second kappa shape index (κ2) is 5.43. The zero-order chi connectivity index (χ0) is 14.9. The molecule has 2 fully saturated rings. The molecule has 3 rings (SSSR count). The molecule has 2 aliphatic rings. The molecule has 1 aromatic carbocycles. The smallest absolute Gasteiger partial charge is 0.230 e. The number of nitrogens with one attached hydrogen (secondary N) is 1. The fourth-order valence-corrected chi connectivity index (χ4v) is 3.34. The SMILES string of the molecule is CC1OCCC1(O)CNC(=O)C1(c2ccccc2)CCC1. The molecule has 2 N–H and O–H groups in total. The Labute approximate surface area is 125 Å². The first kappa shape index (κ1) is 14.5. The molecule has 1 amide bonds. The van der Waals surface area contributed by atoms with E-state index in [1.165, 1.54) is 0 Å². The van der Waals surface area contributed by atoms with E-state index in [1.54, 1.807) is 0 Å². The highest BCUT2D eigenvalue weighted by Crippen LogP contribution is 2.44. The summed E-state index contributed by atoms with van der Waals surface area (Å²) in [6.07, 6.45) is 3.19. The van der Waals surface area contributed by atoms with Crippen LogP contribution in [0, 0.1) is 0 Å². The van der Waals surface area contributed by atoms with E-state index in [-0.39, 0.29) is 18.6 Å². The van der Waals surface area contributed by atoms with Crippen LogP contribution in [-0.2, 0) is 14.9 Å². The Bertz CT molecular complexity index is 512. The van der Waals surface area contributed by atoms with Crippen LogP contribution in [0.15, 0.2) is 30.3 Å². The highest BCUT2D eigenvalue weighted by atomic mass is 16.5. The number of carbonyl (C=O) groups is 1. The molecule has 4 heteroatoms. The minimum absolute atomic E-state index is 0.0347. The number of hydrogen-bond acceptors (Lipinski definition) is 3. The average molecular weight is 289 g/mol. The van der Waals surface area contributed by atoms with Crippen LogP contribution >= 0.6 is 0 Å². The van der Waals surface area contributed by atoms with Gasteiger partial charge in [-0.1, -0.05) is 36.8 Å². The first-order valence-electron chi connectivity index (χ1n) is 7.75. The molecular weight excluding hydrogens is 266 g/mol. The number of benzene rings is 1. The van der Waals surface area contributed by atoms with Crippen LogP contribution in [0.2, 0.25) is 0 Å². The van der Waals surface area contributed by atoms with E-state index in [2.05, 4.69) is 5.32 Å². The maximum absolute atomic E-state index is 12.7. The number of rotatable bonds is 4. The zero-order valence-corrected chi connectivity index (χ0v) is 12.5. The highest BCUT2D eigenvalue weighted by Gasteiger charge is 2.47. The zero-order valence-electron chi connectivity index (χ0n) is 12.5.